The van der Waals surface area contributed by atoms with Crippen LogP contribution in [-0.2, 0) is 6.18 Å². The number of benzene rings is 2. The van der Waals surface area contributed by atoms with E-state index in [1.54, 1.807) is 12.1 Å². The molecule has 0 aliphatic heterocycles. The van der Waals surface area contributed by atoms with E-state index in [0.29, 0.717) is 17.0 Å². The molecule has 3 aromatic rings. The molecule has 27 heavy (non-hydrogen) atoms. The SMILES string of the molecule is COc1cc2nc(NC(=O)Nc3cccc(C(F)(F)F)c3)sc2cc1OC. The highest BCUT2D eigenvalue weighted by Crippen LogP contribution is 2.36. The fourth-order valence-electron chi connectivity index (χ4n) is 2.34. The molecule has 1 heterocycles. The minimum atomic E-state index is -4.49. The van der Waals surface area contributed by atoms with Crippen molar-refractivity contribution in [3.8, 4) is 11.5 Å². The van der Waals surface area contributed by atoms with Gasteiger partial charge in [-0.25, -0.2) is 9.78 Å². The number of fused-ring (bicyclic) bond motifs is 1. The van der Waals surface area contributed by atoms with Gasteiger partial charge in [-0.1, -0.05) is 17.4 Å². The average Bonchev–Trinajstić information content (AvgIpc) is 3.00. The number of thiazole rings is 1. The first-order valence-electron chi connectivity index (χ1n) is 7.58. The van der Waals surface area contributed by atoms with Crippen LogP contribution >= 0.6 is 11.3 Å². The van der Waals surface area contributed by atoms with Gasteiger partial charge in [-0.05, 0) is 18.2 Å². The second-order valence-corrected chi connectivity index (χ2v) is 6.38. The lowest BCUT2D eigenvalue weighted by molar-refractivity contribution is -0.137. The number of carbonyl (C=O) groups is 1. The maximum Gasteiger partial charge on any atom is 0.416 e. The molecule has 2 N–H and O–H groups in total. The summed E-state index contributed by atoms with van der Waals surface area (Å²) in [5, 5.41) is 5.15. The van der Waals surface area contributed by atoms with Crippen molar-refractivity contribution in [3.05, 3.63) is 42.0 Å². The quantitative estimate of drug-likeness (QED) is 0.652. The lowest BCUT2D eigenvalue weighted by atomic mass is 10.2. The largest absolute Gasteiger partial charge is 0.493 e. The Morgan fingerprint density at radius 1 is 1.07 bits per heavy atom. The topological polar surface area (TPSA) is 72.5 Å². The molecule has 0 fully saturated rings. The minimum absolute atomic E-state index is 0.0202. The molecule has 0 atom stereocenters. The number of aromatic nitrogens is 1. The summed E-state index contributed by atoms with van der Waals surface area (Å²) in [5.74, 6) is 1.02. The molecule has 6 nitrogen and oxygen atoms in total. The van der Waals surface area contributed by atoms with Gasteiger partial charge in [0.05, 0.1) is 30.0 Å². The number of halogens is 3. The number of carbonyl (C=O) groups excluding carboxylic acids is 1. The third-order valence-electron chi connectivity index (χ3n) is 3.56. The van der Waals surface area contributed by atoms with Crippen LogP contribution in [0.4, 0.5) is 28.8 Å². The van der Waals surface area contributed by atoms with Gasteiger partial charge >= 0.3 is 12.2 Å². The predicted octanol–water partition coefficient (Wildman–Crippen LogP) is 4.98. The fourth-order valence-corrected chi connectivity index (χ4v) is 3.21. The Kier molecular flexibility index (Phi) is 5.08. The summed E-state index contributed by atoms with van der Waals surface area (Å²) in [7, 11) is 3.00. The second-order valence-electron chi connectivity index (χ2n) is 5.35. The summed E-state index contributed by atoms with van der Waals surface area (Å²) in [6, 6.07) is 7.05. The van der Waals surface area contributed by atoms with Crippen LogP contribution in [0.15, 0.2) is 36.4 Å². The highest BCUT2D eigenvalue weighted by molar-refractivity contribution is 7.22. The Labute approximate surface area is 155 Å². The van der Waals surface area contributed by atoms with E-state index >= 15 is 0 Å². The Bertz CT molecular complexity index is 947. The number of methoxy groups -OCH3 is 2. The zero-order chi connectivity index (χ0) is 19.6. The van der Waals surface area contributed by atoms with E-state index in [0.717, 1.165) is 16.8 Å². The Hall–Kier alpha value is -3.01. The van der Waals surface area contributed by atoms with Crippen LogP contribution in [0.1, 0.15) is 5.56 Å². The number of hydrogen-bond acceptors (Lipinski definition) is 5. The summed E-state index contributed by atoms with van der Waals surface area (Å²) in [6.45, 7) is 0. The molecule has 142 valence electrons. The maximum atomic E-state index is 12.7. The van der Waals surface area contributed by atoms with Crippen molar-refractivity contribution in [1.82, 2.24) is 4.98 Å². The summed E-state index contributed by atoms with van der Waals surface area (Å²) >= 11 is 1.19. The molecule has 0 radical (unpaired) electrons. The van der Waals surface area contributed by atoms with Gasteiger partial charge in [0, 0.05) is 17.8 Å². The van der Waals surface area contributed by atoms with Crippen molar-refractivity contribution >= 4 is 38.4 Å². The van der Waals surface area contributed by atoms with Gasteiger partial charge in [-0.15, -0.1) is 0 Å². The average molecular weight is 397 g/mol. The lowest BCUT2D eigenvalue weighted by Crippen LogP contribution is -2.19. The van der Waals surface area contributed by atoms with Crippen LogP contribution < -0.4 is 20.1 Å². The van der Waals surface area contributed by atoms with Crippen LogP contribution in [0.25, 0.3) is 10.2 Å². The number of anilines is 2. The summed E-state index contributed by atoms with van der Waals surface area (Å²) in [6.07, 6.45) is -4.49. The molecule has 1 aromatic heterocycles. The number of urea groups is 1. The molecule has 0 unspecified atom stereocenters. The molecule has 0 aliphatic rings. The zero-order valence-corrected chi connectivity index (χ0v) is 15.0. The molecule has 10 heteroatoms. The van der Waals surface area contributed by atoms with Gasteiger partial charge in [0.1, 0.15) is 0 Å². The zero-order valence-electron chi connectivity index (χ0n) is 14.2. The van der Waals surface area contributed by atoms with Gasteiger partial charge in [-0.2, -0.15) is 13.2 Å². The molecular weight excluding hydrogens is 383 g/mol. The number of amides is 2. The minimum Gasteiger partial charge on any atom is -0.493 e. The molecule has 0 saturated heterocycles. The van der Waals surface area contributed by atoms with Crippen molar-refractivity contribution in [3.63, 3.8) is 0 Å². The first-order valence-corrected chi connectivity index (χ1v) is 8.39. The molecule has 2 aromatic carbocycles. The molecule has 0 spiro atoms. The van der Waals surface area contributed by atoms with Crippen LogP contribution in [0.3, 0.4) is 0 Å². The molecule has 3 rings (SSSR count). The van der Waals surface area contributed by atoms with Crippen LogP contribution in [0.2, 0.25) is 0 Å². The predicted molar refractivity (Wildman–Crippen MR) is 96.8 cm³/mol. The van der Waals surface area contributed by atoms with Crippen molar-refractivity contribution < 1.29 is 27.4 Å². The highest BCUT2D eigenvalue weighted by atomic mass is 32.1. The maximum absolute atomic E-state index is 12.7. The number of rotatable bonds is 4. The summed E-state index contributed by atoms with van der Waals surface area (Å²) < 4.78 is 49.4. The number of hydrogen-bond donors (Lipinski definition) is 2. The van der Waals surface area contributed by atoms with Gasteiger partial charge in [-0.3, -0.25) is 5.32 Å². The number of nitrogens with one attached hydrogen (secondary N) is 2. The second kappa shape index (κ2) is 7.31. The Balaban J connectivity index is 1.76. The molecule has 0 aliphatic carbocycles. The number of ether oxygens (including phenoxy) is 2. The van der Waals surface area contributed by atoms with E-state index in [9.17, 15) is 18.0 Å². The van der Waals surface area contributed by atoms with Crippen molar-refractivity contribution in [1.29, 1.82) is 0 Å². The van der Waals surface area contributed by atoms with E-state index in [1.165, 1.54) is 37.7 Å². The van der Waals surface area contributed by atoms with Crippen LogP contribution in [0, 0.1) is 0 Å². The standard InChI is InChI=1S/C17H14F3N3O3S/c1-25-12-7-11-14(8-13(12)26-2)27-16(22-11)23-15(24)21-10-5-3-4-9(6-10)17(18,19)20/h3-8H,1-2H3,(H2,21,22,23,24). The third kappa shape index (κ3) is 4.22. The Morgan fingerprint density at radius 3 is 2.44 bits per heavy atom. The van der Waals surface area contributed by atoms with Crippen molar-refractivity contribution in [2.24, 2.45) is 0 Å². The third-order valence-corrected chi connectivity index (χ3v) is 4.50. The van der Waals surface area contributed by atoms with E-state index in [4.69, 9.17) is 9.47 Å². The van der Waals surface area contributed by atoms with Crippen molar-refractivity contribution in [2.45, 2.75) is 6.18 Å². The molecule has 2 amide bonds. The number of nitrogens with zero attached hydrogens (tertiary/aromatic N) is 1. The van der Waals surface area contributed by atoms with E-state index in [1.807, 2.05) is 0 Å². The first-order chi connectivity index (χ1) is 12.8. The van der Waals surface area contributed by atoms with E-state index in [2.05, 4.69) is 15.6 Å². The fraction of sp³-hybridized carbons (Fsp3) is 0.176. The Morgan fingerprint density at radius 2 is 1.78 bits per heavy atom. The van der Waals surface area contributed by atoms with Gasteiger partial charge in [0.15, 0.2) is 16.6 Å². The highest BCUT2D eigenvalue weighted by Gasteiger charge is 2.30. The lowest BCUT2D eigenvalue weighted by Gasteiger charge is -2.09. The van der Waals surface area contributed by atoms with E-state index < -0.39 is 17.8 Å². The summed E-state index contributed by atoms with van der Waals surface area (Å²) in [5.41, 5.74) is -0.238. The first kappa shape index (κ1) is 18.8. The summed E-state index contributed by atoms with van der Waals surface area (Å²) in [4.78, 5) is 16.3. The monoisotopic (exact) mass is 397 g/mol. The molecule has 0 saturated carbocycles. The smallest absolute Gasteiger partial charge is 0.416 e. The van der Waals surface area contributed by atoms with Crippen molar-refractivity contribution in [2.75, 3.05) is 24.9 Å². The molecular formula is C17H14F3N3O3S. The van der Waals surface area contributed by atoms with Gasteiger partial charge in [0.25, 0.3) is 0 Å². The molecule has 0 bridgehead atoms. The van der Waals surface area contributed by atoms with Crippen LogP contribution in [0.5, 0.6) is 11.5 Å². The van der Waals surface area contributed by atoms with Crippen LogP contribution in [-0.4, -0.2) is 25.2 Å². The number of alkyl halides is 3. The van der Waals surface area contributed by atoms with Gasteiger partial charge in [0.2, 0.25) is 0 Å². The van der Waals surface area contributed by atoms with E-state index in [-0.39, 0.29) is 10.8 Å². The van der Waals surface area contributed by atoms with Gasteiger partial charge < -0.3 is 14.8 Å². The normalized spacial score (nSPS) is 11.3.